The lowest BCUT2D eigenvalue weighted by Crippen LogP contribution is -2.51. The highest BCUT2D eigenvalue weighted by atomic mass is 16.1. The minimum absolute atomic E-state index is 0.203. The Kier molecular flexibility index (Phi) is 3.40. The van der Waals surface area contributed by atoms with E-state index in [0.29, 0.717) is 17.9 Å². The van der Waals surface area contributed by atoms with Gasteiger partial charge >= 0.3 is 0 Å². The molecule has 2 fully saturated rings. The van der Waals surface area contributed by atoms with E-state index < -0.39 is 0 Å². The van der Waals surface area contributed by atoms with E-state index in [1.54, 1.807) is 12.4 Å². The first-order valence-corrected chi connectivity index (χ1v) is 7.33. The van der Waals surface area contributed by atoms with E-state index in [9.17, 15) is 4.79 Å². The van der Waals surface area contributed by atoms with Crippen LogP contribution in [0.1, 0.15) is 48.0 Å². The predicted molar refractivity (Wildman–Crippen MR) is 75.2 cm³/mol. The van der Waals surface area contributed by atoms with Gasteiger partial charge in [-0.25, -0.2) is 0 Å². The fourth-order valence-corrected chi connectivity index (χ4v) is 3.77. The number of carbonyl (C=O) groups is 1. The number of pyridine rings is 1. The van der Waals surface area contributed by atoms with Crippen LogP contribution < -0.4 is 0 Å². The van der Waals surface area contributed by atoms with Crippen molar-refractivity contribution in [3.8, 4) is 0 Å². The van der Waals surface area contributed by atoms with Gasteiger partial charge in [0.15, 0.2) is 5.78 Å². The molecule has 2 unspecified atom stereocenters. The number of hydrogen-bond donors (Lipinski definition) is 0. The van der Waals surface area contributed by atoms with E-state index in [4.69, 9.17) is 0 Å². The van der Waals surface area contributed by atoms with Crippen molar-refractivity contribution in [2.75, 3.05) is 7.05 Å². The van der Waals surface area contributed by atoms with E-state index in [2.05, 4.69) is 16.9 Å². The Morgan fingerprint density at radius 1 is 1.32 bits per heavy atom. The highest BCUT2D eigenvalue weighted by Gasteiger charge is 2.39. The topological polar surface area (TPSA) is 33.2 Å². The van der Waals surface area contributed by atoms with Crippen molar-refractivity contribution in [3.63, 3.8) is 0 Å². The lowest BCUT2D eigenvalue weighted by Gasteiger charge is -2.46. The second-order valence-corrected chi connectivity index (χ2v) is 6.13. The molecule has 0 spiro atoms. The number of aromatic nitrogens is 1. The molecule has 1 aromatic heterocycles. The molecule has 0 radical (unpaired) electrons. The molecular formula is C16H22N2O. The van der Waals surface area contributed by atoms with Gasteiger partial charge in [-0.05, 0) is 51.3 Å². The third kappa shape index (κ3) is 2.32. The van der Waals surface area contributed by atoms with Gasteiger partial charge in [0.05, 0.1) is 0 Å². The Morgan fingerprint density at radius 3 is 2.63 bits per heavy atom. The average Bonchev–Trinajstić information content (AvgIpc) is 2.38. The number of nitrogens with zero attached hydrogens (tertiary/aromatic N) is 2. The summed E-state index contributed by atoms with van der Waals surface area (Å²) in [5, 5.41) is 0. The van der Waals surface area contributed by atoms with Gasteiger partial charge in [-0.3, -0.25) is 9.78 Å². The Bertz CT molecular complexity index is 471. The predicted octanol–water partition coefficient (Wildman–Crippen LogP) is 2.84. The molecule has 0 saturated carbocycles. The molecule has 3 rings (SSSR count). The van der Waals surface area contributed by atoms with E-state index in [1.807, 2.05) is 13.0 Å². The molecule has 0 aliphatic carbocycles. The first kappa shape index (κ1) is 12.8. The molecule has 0 aromatic carbocycles. The van der Waals surface area contributed by atoms with Crippen LogP contribution in [0.5, 0.6) is 0 Å². The number of carbonyl (C=O) groups excluding carboxylic acids is 1. The molecule has 2 aliphatic rings. The van der Waals surface area contributed by atoms with Crippen LogP contribution in [0.3, 0.4) is 0 Å². The molecular weight excluding hydrogens is 236 g/mol. The molecule has 3 heteroatoms. The maximum absolute atomic E-state index is 12.7. The van der Waals surface area contributed by atoms with Crippen molar-refractivity contribution >= 4 is 5.78 Å². The zero-order chi connectivity index (χ0) is 13.4. The fourth-order valence-electron chi connectivity index (χ4n) is 3.77. The monoisotopic (exact) mass is 258 g/mol. The maximum atomic E-state index is 12.7. The van der Waals surface area contributed by atoms with Crippen LogP contribution in [0.2, 0.25) is 0 Å². The number of Topliss-reactive ketones (excluding diaryl/α,β-unsaturated/α-hetero) is 1. The van der Waals surface area contributed by atoms with Gasteiger partial charge in [0.2, 0.25) is 0 Å². The molecule has 3 heterocycles. The minimum atomic E-state index is 0.203. The van der Waals surface area contributed by atoms with Gasteiger partial charge in [0.25, 0.3) is 0 Å². The Balaban J connectivity index is 1.80. The Hall–Kier alpha value is -1.22. The van der Waals surface area contributed by atoms with Crippen LogP contribution in [-0.4, -0.2) is 34.8 Å². The van der Waals surface area contributed by atoms with Crippen LogP contribution >= 0.6 is 0 Å². The summed E-state index contributed by atoms with van der Waals surface area (Å²) in [5.41, 5.74) is 1.89. The molecule has 102 valence electrons. The quantitative estimate of drug-likeness (QED) is 0.765. The molecule has 1 aromatic rings. The van der Waals surface area contributed by atoms with Gasteiger partial charge in [0.1, 0.15) is 0 Å². The molecule has 19 heavy (non-hydrogen) atoms. The largest absolute Gasteiger partial charge is 0.300 e. The van der Waals surface area contributed by atoms with Gasteiger partial charge < -0.3 is 4.90 Å². The third-order valence-corrected chi connectivity index (χ3v) is 5.02. The number of hydrogen-bond acceptors (Lipinski definition) is 3. The smallest absolute Gasteiger partial charge is 0.167 e. The van der Waals surface area contributed by atoms with Gasteiger partial charge in [-0.1, -0.05) is 6.42 Å². The summed E-state index contributed by atoms with van der Waals surface area (Å²) in [6.07, 6.45) is 9.39. The first-order valence-electron chi connectivity index (χ1n) is 7.33. The van der Waals surface area contributed by atoms with Crippen molar-refractivity contribution < 1.29 is 4.79 Å². The van der Waals surface area contributed by atoms with Crippen molar-refractivity contribution in [3.05, 3.63) is 29.6 Å². The van der Waals surface area contributed by atoms with E-state index >= 15 is 0 Å². The summed E-state index contributed by atoms with van der Waals surface area (Å²) >= 11 is 0. The lowest BCUT2D eigenvalue weighted by molar-refractivity contribution is 0.0338. The Labute approximate surface area is 115 Å². The van der Waals surface area contributed by atoms with Crippen LogP contribution in [-0.2, 0) is 0 Å². The zero-order valence-electron chi connectivity index (χ0n) is 11.8. The summed E-state index contributed by atoms with van der Waals surface area (Å²) < 4.78 is 0. The number of piperidine rings is 2. The van der Waals surface area contributed by atoms with Gasteiger partial charge in [0, 0.05) is 36.0 Å². The van der Waals surface area contributed by atoms with E-state index in [1.165, 1.54) is 19.3 Å². The van der Waals surface area contributed by atoms with E-state index in [0.717, 1.165) is 24.0 Å². The molecule has 2 atom stereocenters. The summed E-state index contributed by atoms with van der Waals surface area (Å²) in [4.78, 5) is 19.3. The molecule has 3 nitrogen and oxygen atoms in total. The highest BCUT2D eigenvalue weighted by molar-refractivity contribution is 5.98. The third-order valence-electron chi connectivity index (χ3n) is 5.02. The first-order chi connectivity index (χ1) is 9.16. The molecule has 2 aliphatic heterocycles. The SMILES string of the molecule is Cc1ccncc1C(=O)C1CC2CCCC(C1)N2C. The molecule has 2 saturated heterocycles. The van der Waals surface area contributed by atoms with Crippen LogP contribution in [0.25, 0.3) is 0 Å². The summed E-state index contributed by atoms with van der Waals surface area (Å²) in [5.74, 6) is 0.519. The Morgan fingerprint density at radius 2 is 2.00 bits per heavy atom. The van der Waals surface area contributed by atoms with Crippen molar-refractivity contribution in [1.29, 1.82) is 0 Å². The number of ketones is 1. The summed E-state index contributed by atoms with van der Waals surface area (Å²) in [6.45, 7) is 2.00. The molecule has 2 bridgehead atoms. The van der Waals surface area contributed by atoms with Gasteiger partial charge in [-0.15, -0.1) is 0 Å². The van der Waals surface area contributed by atoms with Gasteiger partial charge in [-0.2, -0.15) is 0 Å². The normalized spacial score (nSPS) is 31.2. The second-order valence-electron chi connectivity index (χ2n) is 6.13. The summed E-state index contributed by atoms with van der Waals surface area (Å²) in [6, 6.07) is 3.15. The average molecular weight is 258 g/mol. The van der Waals surface area contributed by atoms with Crippen molar-refractivity contribution in [1.82, 2.24) is 9.88 Å². The second kappa shape index (κ2) is 5.04. The van der Waals surface area contributed by atoms with E-state index in [-0.39, 0.29) is 5.92 Å². The number of rotatable bonds is 2. The minimum Gasteiger partial charge on any atom is -0.300 e. The molecule has 0 amide bonds. The zero-order valence-corrected chi connectivity index (χ0v) is 11.8. The standard InChI is InChI=1S/C16H22N2O/c1-11-6-7-17-10-15(11)16(19)12-8-13-4-3-5-14(9-12)18(13)2/h6-7,10,12-14H,3-5,8-9H2,1-2H3. The lowest BCUT2D eigenvalue weighted by atomic mass is 9.76. The number of fused-ring (bicyclic) bond motifs is 2. The van der Waals surface area contributed by atoms with Crippen LogP contribution in [0, 0.1) is 12.8 Å². The van der Waals surface area contributed by atoms with Crippen molar-refractivity contribution in [2.45, 2.75) is 51.1 Å². The molecule has 0 N–H and O–H groups in total. The van der Waals surface area contributed by atoms with Crippen LogP contribution in [0.15, 0.2) is 18.5 Å². The number of aryl methyl sites for hydroxylation is 1. The maximum Gasteiger partial charge on any atom is 0.167 e. The fraction of sp³-hybridized carbons (Fsp3) is 0.625. The summed E-state index contributed by atoms with van der Waals surface area (Å²) in [7, 11) is 2.23. The highest BCUT2D eigenvalue weighted by Crippen LogP contribution is 2.37. The van der Waals surface area contributed by atoms with Crippen LogP contribution in [0.4, 0.5) is 0 Å². The van der Waals surface area contributed by atoms with Crippen molar-refractivity contribution in [2.24, 2.45) is 5.92 Å².